The maximum atomic E-state index is 11.9. The van der Waals surface area contributed by atoms with Crippen molar-refractivity contribution in [2.75, 3.05) is 5.75 Å². The monoisotopic (exact) mass is 893 g/mol. The van der Waals surface area contributed by atoms with Gasteiger partial charge in [-0.25, -0.2) is 4.79 Å². The molecule has 0 radical (unpaired) electrons. The van der Waals surface area contributed by atoms with Crippen LogP contribution >= 0.6 is 102 Å². The first kappa shape index (κ1) is 27.2. The molecular weight excluding hydrogens is 878 g/mol. The number of carboxylic acids is 1. The summed E-state index contributed by atoms with van der Waals surface area (Å²) in [4.78, 5) is 34.5. The van der Waals surface area contributed by atoms with E-state index in [2.05, 4.69) is 50.5 Å². The van der Waals surface area contributed by atoms with Crippen molar-refractivity contribution in [3.63, 3.8) is 0 Å². The molecule has 166 valence electrons. The van der Waals surface area contributed by atoms with Crippen molar-refractivity contribution in [2.45, 2.75) is 19.4 Å². The van der Waals surface area contributed by atoms with Gasteiger partial charge in [-0.1, -0.05) is 11.8 Å². The standard InChI is InChI=1S/C19H15I4NO6S/c1-8(25)31-7-16(26)24-15(19(28)29)4-9-2-13(22)18(14(23)3-9)30-10-5-11(20)17(27)12(21)6-10/h2-3,5-6,15,27H,4,7H2,1H3,(H,24,26)(H,28,29)/t15-/m0/s1. The molecule has 2 rings (SSSR count). The van der Waals surface area contributed by atoms with Crippen LogP contribution in [0.25, 0.3) is 0 Å². The Morgan fingerprint density at radius 2 is 1.58 bits per heavy atom. The number of ether oxygens (including phenoxy) is 1. The fourth-order valence-electron chi connectivity index (χ4n) is 2.39. The van der Waals surface area contributed by atoms with Crippen molar-refractivity contribution in [2.24, 2.45) is 0 Å². The number of carbonyl (C=O) groups excluding carboxylic acids is 2. The lowest BCUT2D eigenvalue weighted by Gasteiger charge is -2.17. The maximum Gasteiger partial charge on any atom is 0.326 e. The van der Waals surface area contributed by atoms with E-state index >= 15 is 0 Å². The largest absolute Gasteiger partial charge is 0.506 e. The van der Waals surface area contributed by atoms with Gasteiger partial charge in [0.15, 0.2) is 10.9 Å². The van der Waals surface area contributed by atoms with E-state index in [0.29, 0.717) is 18.6 Å². The van der Waals surface area contributed by atoms with E-state index in [0.717, 1.165) is 24.5 Å². The van der Waals surface area contributed by atoms with Crippen molar-refractivity contribution in [3.8, 4) is 17.2 Å². The third-order valence-corrected chi connectivity index (χ3v) is 7.81. The quantitative estimate of drug-likeness (QED) is 0.321. The van der Waals surface area contributed by atoms with Crippen LogP contribution in [0.3, 0.4) is 0 Å². The number of nitrogens with one attached hydrogen (secondary N) is 1. The lowest BCUT2D eigenvalue weighted by molar-refractivity contribution is -0.141. The molecule has 1 atom stereocenters. The molecule has 0 heterocycles. The molecule has 2 aromatic carbocycles. The first-order valence-corrected chi connectivity index (χ1v) is 13.8. The average Bonchev–Trinajstić information content (AvgIpc) is 2.66. The molecule has 0 spiro atoms. The number of rotatable bonds is 8. The number of thioether (sulfide) groups is 1. The second-order valence-electron chi connectivity index (χ2n) is 6.17. The molecule has 0 aromatic heterocycles. The summed E-state index contributed by atoms with van der Waals surface area (Å²) in [5.41, 5.74) is 0.725. The molecule has 12 heteroatoms. The van der Waals surface area contributed by atoms with Gasteiger partial charge >= 0.3 is 5.97 Å². The Bertz CT molecular complexity index is 986. The minimum absolute atomic E-state index is 0.0904. The fourth-order valence-corrected chi connectivity index (χ4v) is 6.63. The Balaban J connectivity index is 2.19. The van der Waals surface area contributed by atoms with E-state index in [1.807, 2.05) is 45.2 Å². The van der Waals surface area contributed by atoms with Crippen LogP contribution in [0.1, 0.15) is 12.5 Å². The Kier molecular flexibility index (Phi) is 10.9. The summed E-state index contributed by atoms with van der Waals surface area (Å²) in [6.45, 7) is 1.35. The van der Waals surface area contributed by atoms with Crippen molar-refractivity contribution in [1.29, 1.82) is 0 Å². The third kappa shape index (κ3) is 8.33. The average molecular weight is 893 g/mol. The van der Waals surface area contributed by atoms with Gasteiger partial charge in [-0.05, 0) is 120 Å². The normalized spacial score (nSPS) is 11.6. The lowest BCUT2D eigenvalue weighted by Crippen LogP contribution is -2.43. The van der Waals surface area contributed by atoms with Gasteiger partial charge in [-0.2, -0.15) is 0 Å². The second kappa shape index (κ2) is 12.4. The number of phenols is 1. The van der Waals surface area contributed by atoms with Crippen molar-refractivity contribution in [1.82, 2.24) is 5.32 Å². The summed E-state index contributed by atoms with van der Waals surface area (Å²) in [5, 5.41) is 21.7. The second-order valence-corrected chi connectivity index (χ2v) is 12.0. The number of hydrogen-bond acceptors (Lipinski definition) is 6. The molecular formula is C19H15I4NO6S. The van der Waals surface area contributed by atoms with Crippen LogP contribution in [0.5, 0.6) is 17.2 Å². The van der Waals surface area contributed by atoms with Crippen LogP contribution in [0.4, 0.5) is 0 Å². The van der Waals surface area contributed by atoms with Crippen LogP contribution in [0.15, 0.2) is 24.3 Å². The summed E-state index contributed by atoms with van der Waals surface area (Å²) in [5.74, 6) is -0.375. The molecule has 0 aliphatic carbocycles. The van der Waals surface area contributed by atoms with E-state index in [-0.39, 0.29) is 23.0 Å². The number of amides is 1. The third-order valence-electron chi connectivity index (χ3n) is 3.75. The Morgan fingerprint density at radius 3 is 2.06 bits per heavy atom. The summed E-state index contributed by atoms with van der Waals surface area (Å²) >= 11 is 9.12. The van der Waals surface area contributed by atoms with Gasteiger partial charge in [0, 0.05) is 13.3 Å². The predicted octanol–water partition coefficient (Wildman–Crippen LogP) is 4.99. The van der Waals surface area contributed by atoms with Gasteiger partial charge in [0.1, 0.15) is 17.5 Å². The molecule has 31 heavy (non-hydrogen) atoms. The topological polar surface area (TPSA) is 113 Å². The zero-order valence-electron chi connectivity index (χ0n) is 15.7. The summed E-state index contributed by atoms with van der Waals surface area (Å²) < 4.78 is 8.92. The Morgan fingerprint density at radius 1 is 1.03 bits per heavy atom. The SMILES string of the molecule is CC(=O)SCC(=O)N[C@@H](Cc1cc(I)c(Oc2cc(I)c(O)c(I)c2)c(I)c1)C(=O)O. The van der Waals surface area contributed by atoms with E-state index in [1.54, 1.807) is 24.3 Å². The summed E-state index contributed by atoms with van der Waals surface area (Å²) in [6.07, 6.45) is 0.0904. The molecule has 0 aliphatic heterocycles. The molecule has 3 N–H and O–H groups in total. The first-order chi connectivity index (χ1) is 14.5. The van der Waals surface area contributed by atoms with Crippen LogP contribution in [0.2, 0.25) is 0 Å². The van der Waals surface area contributed by atoms with E-state index in [9.17, 15) is 24.6 Å². The minimum Gasteiger partial charge on any atom is -0.506 e. The van der Waals surface area contributed by atoms with Crippen LogP contribution < -0.4 is 10.1 Å². The fraction of sp³-hybridized carbons (Fsp3) is 0.211. The molecule has 0 aliphatic rings. The zero-order chi connectivity index (χ0) is 23.3. The first-order valence-electron chi connectivity index (χ1n) is 8.47. The molecule has 7 nitrogen and oxygen atoms in total. The van der Waals surface area contributed by atoms with Crippen molar-refractivity contribution < 1.29 is 29.3 Å². The molecule has 0 unspecified atom stereocenters. The highest BCUT2D eigenvalue weighted by Crippen LogP contribution is 2.37. The van der Waals surface area contributed by atoms with Gasteiger partial charge < -0.3 is 20.3 Å². The van der Waals surface area contributed by atoms with E-state index < -0.39 is 17.9 Å². The highest BCUT2D eigenvalue weighted by molar-refractivity contribution is 14.1. The van der Waals surface area contributed by atoms with Gasteiger partial charge in [0.2, 0.25) is 5.91 Å². The molecule has 0 fully saturated rings. The number of carboxylic acid groups (broad SMARTS) is 1. The minimum atomic E-state index is -1.15. The Labute approximate surface area is 237 Å². The molecule has 1 amide bonds. The number of phenolic OH excluding ortho intramolecular Hbond substituents is 1. The molecule has 0 saturated heterocycles. The highest BCUT2D eigenvalue weighted by atomic mass is 127. The number of benzene rings is 2. The van der Waals surface area contributed by atoms with Crippen LogP contribution in [0, 0.1) is 14.3 Å². The van der Waals surface area contributed by atoms with E-state index in [1.165, 1.54) is 6.92 Å². The van der Waals surface area contributed by atoms with Crippen LogP contribution in [-0.2, 0) is 20.8 Å². The number of hydrogen-bond donors (Lipinski definition) is 3. The van der Waals surface area contributed by atoms with Crippen molar-refractivity contribution in [3.05, 3.63) is 44.1 Å². The number of halogens is 4. The lowest BCUT2D eigenvalue weighted by atomic mass is 10.1. The predicted molar refractivity (Wildman–Crippen MR) is 152 cm³/mol. The number of carbonyl (C=O) groups is 3. The summed E-state index contributed by atoms with van der Waals surface area (Å²) in [6, 6.07) is 5.96. The van der Waals surface area contributed by atoms with Gasteiger partial charge in [-0.15, -0.1) is 0 Å². The van der Waals surface area contributed by atoms with Gasteiger partial charge in [-0.3, -0.25) is 9.59 Å². The zero-order valence-corrected chi connectivity index (χ0v) is 25.2. The number of aliphatic carboxylic acids is 1. The number of aromatic hydroxyl groups is 1. The Hall–Kier alpha value is -0.0800. The molecule has 0 bridgehead atoms. The van der Waals surface area contributed by atoms with Crippen molar-refractivity contribution >= 4 is 119 Å². The van der Waals surface area contributed by atoms with E-state index in [4.69, 9.17) is 4.74 Å². The van der Waals surface area contributed by atoms with Gasteiger partial charge in [0.05, 0.1) is 20.0 Å². The highest BCUT2D eigenvalue weighted by Gasteiger charge is 2.22. The molecule has 0 saturated carbocycles. The smallest absolute Gasteiger partial charge is 0.326 e. The van der Waals surface area contributed by atoms with Gasteiger partial charge in [0.25, 0.3) is 0 Å². The van der Waals surface area contributed by atoms with Crippen LogP contribution in [-0.4, -0.2) is 39.0 Å². The maximum absolute atomic E-state index is 11.9. The summed E-state index contributed by atoms with van der Waals surface area (Å²) in [7, 11) is 0. The molecule has 2 aromatic rings.